The highest BCUT2D eigenvalue weighted by atomic mass is 16.4. The van der Waals surface area contributed by atoms with Gasteiger partial charge in [-0.1, -0.05) is 11.1 Å². The van der Waals surface area contributed by atoms with Crippen molar-refractivity contribution in [2.24, 2.45) is 11.8 Å². The number of piperazine rings is 1. The molecule has 0 bridgehead atoms. The summed E-state index contributed by atoms with van der Waals surface area (Å²) in [5.41, 5.74) is 2.25. The van der Waals surface area contributed by atoms with E-state index in [1.165, 1.54) is 0 Å². The second-order valence-electron chi connectivity index (χ2n) is 6.88. The van der Waals surface area contributed by atoms with Crippen LogP contribution in [-0.4, -0.2) is 58.0 Å². The van der Waals surface area contributed by atoms with Crippen LogP contribution < -0.4 is 4.90 Å². The van der Waals surface area contributed by atoms with Crippen LogP contribution in [0.4, 0.5) is 5.95 Å². The number of aliphatic carboxylic acids is 1. The molecule has 0 aromatic carbocycles. The van der Waals surface area contributed by atoms with Crippen LogP contribution in [0.15, 0.2) is 29.6 Å². The Morgan fingerprint density at radius 1 is 1.00 bits per heavy atom. The minimum Gasteiger partial charge on any atom is -0.481 e. The number of rotatable bonds is 3. The van der Waals surface area contributed by atoms with Crippen molar-refractivity contribution in [2.45, 2.75) is 26.7 Å². The van der Waals surface area contributed by atoms with Gasteiger partial charge in [0.1, 0.15) is 0 Å². The molecule has 2 atom stereocenters. The SMILES string of the molecule is CC1=C(C)C[C@@H](C(=O)O)[C@@H](C(=O)N2CCN(c3ncccn3)CC2)C1. The fourth-order valence-corrected chi connectivity index (χ4v) is 3.63. The summed E-state index contributed by atoms with van der Waals surface area (Å²) in [5, 5.41) is 9.53. The fraction of sp³-hybridized carbons (Fsp3) is 0.556. The van der Waals surface area contributed by atoms with Crippen LogP contribution in [0.25, 0.3) is 0 Å². The molecule has 3 rings (SSSR count). The van der Waals surface area contributed by atoms with E-state index in [-0.39, 0.29) is 5.91 Å². The standard InChI is InChI=1S/C18H24N4O3/c1-12-10-14(15(17(24)25)11-13(12)2)16(23)21-6-8-22(9-7-21)18-19-4-3-5-20-18/h3-5,14-15H,6-11H2,1-2H3,(H,24,25)/t14-,15+/m0/s1. The number of aromatic nitrogens is 2. The molecule has 1 fully saturated rings. The molecule has 1 amide bonds. The van der Waals surface area contributed by atoms with Gasteiger partial charge in [-0.05, 0) is 32.8 Å². The first-order valence-corrected chi connectivity index (χ1v) is 8.66. The molecule has 25 heavy (non-hydrogen) atoms. The maximum atomic E-state index is 13.0. The number of carbonyl (C=O) groups is 2. The van der Waals surface area contributed by atoms with Crippen LogP contribution in [-0.2, 0) is 9.59 Å². The van der Waals surface area contributed by atoms with Crippen molar-refractivity contribution in [3.63, 3.8) is 0 Å². The second kappa shape index (κ2) is 7.21. The maximum Gasteiger partial charge on any atom is 0.307 e. The number of carboxylic acid groups (broad SMARTS) is 1. The van der Waals surface area contributed by atoms with Crippen LogP contribution in [0.2, 0.25) is 0 Å². The zero-order valence-corrected chi connectivity index (χ0v) is 14.7. The van der Waals surface area contributed by atoms with E-state index in [9.17, 15) is 14.7 Å². The van der Waals surface area contributed by atoms with Gasteiger partial charge in [-0.2, -0.15) is 0 Å². The highest BCUT2D eigenvalue weighted by Gasteiger charge is 2.39. The van der Waals surface area contributed by atoms with Gasteiger partial charge in [-0.3, -0.25) is 9.59 Å². The summed E-state index contributed by atoms with van der Waals surface area (Å²) in [6, 6.07) is 1.77. The van der Waals surface area contributed by atoms with Crippen molar-refractivity contribution >= 4 is 17.8 Å². The molecule has 7 heteroatoms. The van der Waals surface area contributed by atoms with Crippen LogP contribution in [0.3, 0.4) is 0 Å². The van der Waals surface area contributed by atoms with Gasteiger partial charge in [0.25, 0.3) is 0 Å². The first-order valence-electron chi connectivity index (χ1n) is 8.66. The Morgan fingerprint density at radius 3 is 2.12 bits per heavy atom. The predicted octanol–water partition coefficient (Wildman–Crippen LogP) is 1.57. The van der Waals surface area contributed by atoms with E-state index < -0.39 is 17.8 Å². The Balaban J connectivity index is 1.66. The number of amides is 1. The lowest BCUT2D eigenvalue weighted by atomic mass is 9.76. The lowest BCUT2D eigenvalue weighted by Crippen LogP contribution is -2.52. The van der Waals surface area contributed by atoms with Crippen molar-refractivity contribution in [1.29, 1.82) is 0 Å². The molecule has 0 saturated carbocycles. The van der Waals surface area contributed by atoms with Gasteiger partial charge in [0.2, 0.25) is 11.9 Å². The number of carbonyl (C=O) groups excluding carboxylic acids is 1. The molecule has 0 spiro atoms. The highest BCUT2D eigenvalue weighted by molar-refractivity contribution is 5.86. The summed E-state index contributed by atoms with van der Waals surface area (Å²) in [7, 11) is 0. The average Bonchev–Trinajstić information content (AvgIpc) is 2.63. The average molecular weight is 344 g/mol. The van der Waals surface area contributed by atoms with Crippen molar-refractivity contribution < 1.29 is 14.7 Å². The summed E-state index contributed by atoms with van der Waals surface area (Å²) in [6.45, 7) is 6.43. The first-order chi connectivity index (χ1) is 12.0. The van der Waals surface area contributed by atoms with E-state index in [0.717, 1.165) is 11.1 Å². The number of hydrogen-bond acceptors (Lipinski definition) is 5. The van der Waals surface area contributed by atoms with Gasteiger partial charge < -0.3 is 14.9 Å². The summed E-state index contributed by atoms with van der Waals surface area (Å²) < 4.78 is 0. The number of carboxylic acids is 1. The fourth-order valence-electron chi connectivity index (χ4n) is 3.63. The quantitative estimate of drug-likeness (QED) is 0.838. The maximum absolute atomic E-state index is 13.0. The Kier molecular flexibility index (Phi) is 5.01. The molecule has 1 aliphatic heterocycles. The van der Waals surface area contributed by atoms with Crippen molar-refractivity contribution in [3.05, 3.63) is 29.6 Å². The molecule has 0 radical (unpaired) electrons. The number of allylic oxidation sites excluding steroid dienone is 2. The molecule has 1 N–H and O–H groups in total. The van der Waals surface area contributed by atoms with E-state index in [1.54, 1.807) is 23.4 Å². The molecule has 2 heterocycles. The number of nitrogens with zero attached hydrogens (tertiary/aromatic N) is 4. The van der Waals surface area contributed by atoms with Crippen molar-refractivity contribution in [1.82, 2.24) is 14.9 Å². The monoisotopic (exact) mass is 344 g/mol. The molecule has 1 aliphatic carbocycles. The largest absolute Gasteiger partial charge is 0.481 e. The Morgan fingerprint density at radius 2 is 1.56 bits per heavy atom. The molecule has 134 valence electrons. The number of anilines is 1. The highest BCUT2D eigenvalue weighted by Crippen LogP contribution is 2.35. The molecular weight excluding hydrogens is 320 g/mol. The second-order valence-corrected chi connectivity index (χ2v) is 6.88. The van der Waals surface area contributed by atoms with Crippen LogP contribution in [0.5, 0.6) is 0 Å². The van der Waals surface area contributed by atoms with Gasteiger partial charge in [-0.15, -0.1) is 0 Å². The summed E-state index contributed by atoms with van der Waals surface area (Å²) in [4.78, 5) is 36.9. The third-order valence-electron chi connectivity index (χ3n) is 5.33. The third kappa shape index (κ3) is 3.65. The predicted molar refractivity (Wildman–Crippen MR) is 93.0 cm³/mol. The summed E-state index contributed by atoms with van der Waals surface area (Å²) >= 11 is 0. The van der Waals surface area contributed by atoms with Gasteiger partial charge in [0.15, 0.2) is 0 Å². The Labute approximate surface area is 147 Å². The third-order valence-corrected chi connectivity index (χ3v) is 5.33. The van der Waals surface area contributed by atoms with Gasteiger partial charge in [-0.25, -0.2) is 9.97 Å². The van der Waals surface area contributed by atoms with E-state index in [1.807, 2.05) is 13.8 Å². The number of hydrogen-bond donors (Lipinski definition) is 1. The van der Waals surface area contributed by atoms with Crippen molar-refractivity contribution in [3.8, 4) is 0 Å². The summed E-state index contributed by atoms with van der Waals surface area (Å²) in [6.07, 6.45) is 4.42. The zero-order chi connectivity index (χ0) is 18.0. The van der Waals surface area contributed by atoms with E-state index in [0.29, 0.717) is 45.0 Å². The molecule has 0 unspecified atom stereocenters. The smallest absolute Gasteiger partial charge is 0.307 e. The van der Waals surface area contributed by atoms with Gasteiger partial charge in [0.05, 0.1) is 11.8 Å². The van der Waals surface area contributed by atoms with Crippen LogP contribution in [0.1, 0.15) is 26.7 Å². The molecule has 7 nitrogen and oxygen atoms in total. The molecule has 1 aromatic rings. The van der Waals surface area contributed by atoms with E-state index >= 15 is 0 Å². The van der Waals surface area contributed by atoms with Crippen LogP contribution >= 0.6 is 0 Å². The zero-order valence-electron chi connectivity index (χ0n) is 14.7. The van der Waals surface area contributed by atoms with Crippen molar-refractivity contribution in [2.75, 3.05) is 31.1 Å². The molecule has 2 aliphatic rings. The lowest BCUT2D eigenvalue weighted by Gasteiger charge is -2.38. The Hall–Kier alpha value is -2.44. The van der Waals surface area contributed by atoms with Gasteiger partial charge in [0, 0.05) is 38.6 Å². The topological polar surface area (TPSA) is 86.6 Å². The van der Waals surface area contributed by atoms with Gasteiger partial charge >= 0.3 is 5.97 Å². The Bertz CT molecular complexity index is 681. The first kappa shape index (κ1) is 17.4. The van der Waals surface area contributed by atoms with E-state index in [2.05, 4.69) is 14.9 Å². The summed E-state index contributed by atoms with van der Waals surface area (Å²) in [5.74, 6) is -1.31. The minimum atomic E-state index is -0.874. The minimum absolute atomic E-state index is 0.0344. The molecule has 1 saturated heterocycles. The molecular formula is C18H24N4O3. The normalized spacial score (nSPS) is 24.4. The van der Waals surface area contributed by atoms with E-state index in [4.69, 9.17) is 0 Å². The molecule has 1 aromatic heterocycles. The lowest BCUT2D eigenvalue weighted by molar-refractivity contribution is -0.151. The van der Waals surface area contributed by atoms with Crippen LogP contribution in [0, 0.1) is 11.8 Å².